The van der Waals surface area contributed by atoms with Crippen LogP contribution < -0.4 is 5.32 Å². The zero-order valence-corrected chi connectivity index (χ0v) is 13.5. The van der Waals surface area contributed by atoms with Crippen LogP contribution in [0.5, 0.6) is 0 Å². The van der Waals surface area contributed by atoms with Gasteiger partial charge in [0.15, 0.2) is 0 Å². The molecule has 0 aromatic carbocycles. The van der Waals surface area contributed by atoms with Crippen molar-refractivity contribution in [2.75, 3.05) is 17.7 Å². The van der Waals surface area contributed by atoms with E-state index in [0.717, 1.165) is 11.4 Å². The third-order valence-corrected chi connectivity index (χ3v) is 4.71. The highest BCUT2D eigenvalue weighted by molar-refractivity contribution is 8.01. The van der Waals surface area contributed by atoms with E-state index in [1.54, 1.807) is 6.92 Å². The summed E-state index contributed by atoms with van der Waals surface area (Å²) in [6, 6.07) is 0. The van der Waals surface area contributed by atoms with E-state index in [1.807, 2.05) is 13.8 Å². The van der Waals surface area contributed by atoms with Gasteiger partial charge in [-0.25, -0.2) is 0 Å². The summed E-state index contributed by atoms with van der Waals surface area (Å²) in [5.41, 5.74) is 0. The zero-order chi connectivity index (χ0) is 15.0. The SMILES string of the molecule is CCOC(=O)CS[C@@H](CC)C(=O)Nc1nnc(CC)s1. The van der Waals surface area contributed by atoms with E-state index in [4.69, 9.17) is 4.74 Å². The number of aromatic nitrogens is 2. The van der Waals surface area contributed by atoms with Gasteiger partial charge in [-0.2, -0.15) is 0 Å². The number of carbonyl (C=O) groups is 2. The number of amides is 1. The number of hydrogen-bond donors (Lipinski definition) is 1. The minimum atomic E-state index is -0.298. The van der Waals surface area contributed by atoms with E-state index in [9.17, 15) is 9.59 Å². The molecule has 1 amide bonds. The summed E-state index contributed by atoms with van der Waals surface area (Å²) >= 11 is 2.65. The van der Waals surface area contributed by atoms with Gasteiger partial charge in [-0.1, -0.05) is 25.2 Å². The standard InChI is InChI=1S/C12H19N3O3S2/c1-4-8(19-7-10(16)18-6-3)11(17)13-12-15-14-9(5-2)20-12/h8H,4-7H2,1-3H3,(H,13,15,17)/t8-/m0/s1. The van der Waals surface area contributed by atoms with Crippen LogP contribution in [0.4, 0.5) is 5.13 Å². The summed E-state index contributed by atoms with van der Waals surface area (Å²) in [5, 5.41) is 11.7. The Balaban J connectivity index is 2.47. The summed E-state index contributed by atoms with van der Waals surface area (Å²) < 4.78 is 4.84. The number of hydrogen-bond acceptors (Lipinski definition) is 7. The van der Waals surface area contributed by atoms with Crippen molar-refractivity contribution in [3.05, 3.63) is 5.01 Å². The highest BCUT2D eigenvalue weighted by Crippen LogP contribution is 2.20. The van der Waals surface area contributed by atoms with Crippen LogP contribution in [0.3, 0.4) is 0 Å². The molecule has 1 aromatic rings. The predicted molar refractivity (Wildman–Crippen MR) is 81.1 cm³/mol. The molecule has 0 aliphatic carbocycles. The van der Waals surface area contributed by atoms with E-state index in [-0.39, 0.29) is 22.9 Å². The van der Waals surface area contributed by atoms with Gasteiger partial charge in [0.2, 0.25) is 11.0 Å². The molecule has 0 saturated heterocycles. The van der Waals surface area contributed by atoms with Crippen LogP contribution in [0.2, 0.25) is 0 Å². The fourth-order valence-corrected chi connectivity index (χ4v) is 2.93. The van der Waals surface area contributed by atoms with Crippen LogP contribution in [0, 0.1) is 0 Å². The van der Waals surface area contributed by atoms with E-state index in [2.05, 4.69) is 15.5 Å². The molecule has 8 heteroatoms. The zero-order valence-electron chi connectivity index (χ0n) is 11.8. The first-order chi connectivity index (χ1) is 9.60. The third-order valence-electron chi connectivity index (χ3n) is 2.37. The molecule has 112 valence electrons. The lowest BCUT2D eigenvalue weighted by Gasteiger charge is -2.12. The topological polar surface area (TPSA) is 81.2 Å². The molecule has 0 spiro atoms. The van der Waals surface area contributed by atoms with Crippen LogP contribution in [0.15, 0.2) is 0 Å². The molecule has 0 aliphatic rings. The predicted octanol–water partition coefficient (Wildman–Crippen LogP) is 2.11. The lowest BCUT2D eigenvalue weighted by atomic mass is 10.3. The molecule has 6 nitrogen and oxygen atoms in total. The lowest BCUT2D eigenvalue weighted by molar-refractivity contribution is -0.139. The Labute approximate surface area is 126 Å². The number of carbonyl (C=O) groups excluding carboxylic acids is 2. The minimum Gasteiger partial charge on any atom is -0.465 e. The Morgan fingerprint density at radius 3 is 2.65 bits per heavy atom. The minimum absolute atomic E-state index is 0.152. The maximum absolute atomic E-state index is 12.1. The van der Waals surface area contributed by atoms with E-state index in [1.165, 1.54) is 23.1 Å². The van der Waals surface area contributed by atoms with E-state index >= 15 is 0 Å². The molecular formula is C12H19N3O3S2. The van der Waals surface area contributed by atoms with Crippen LogP contribution >= 0.6 is 23.1 Å². The number of ether oxygens (including phenoxy) is 1. The molecule has 0 saturated carbocycles. The summed E-state index contributed by atoms with van der Waals surface area (Å²) in [6.07, 6.45) is 1.43. The van der Waals surface area contributed by atoms with Gasteiger partial charge in [-0.15, -0.1) is 22.0 Å². The molecule has 0 unspecified atom stereocenters. The normalized spacial score (nSPS) is 11.9. The average Bonchev–Trinajstić information content (AvgIpc) is 2.87. The fourth-order valence-electron chi connectivity index (χ4n) is 1.38. The summed E-state index contributed by atoms with van der Waals surface area (Å²) in [4.78, 5) is 23.4. The van der Waals surface area contributed by atoms with Crippen molar-refractivity contribution >= 4 is 40.1 Å². The van der Waals surface area contributed by atoms with Gasteiger partial charge in [0.25, 0.3) is 0 Å². The highest BCUT2D eigenvalue weighted by Gasteiger charge is 2.20. The van der Waals surface area contributed by atoms with Crippen molar-refractivity contribution in [1.82, 2.24) is 10.2 Å². The first-order valence-electron chi connectivity index (χ1n) is 6.51. The molecule has 1 rings (SSSR count). The van der Waals surface area contributed by atoms with Gasteiger partial charge >= 0.3 is 5.97 Å². The summed E-state index contributed by atoms with van der Waals surface area (Å²) in [6.45, 7) is 6.00. The number of thioether (sulfide) groups is 1. The molecule has 0 fully saturated rings. The molecule has 0 bridgehead atoms. The number of aryl methyl sites for hydroxylation is 1. The average molecular weight is 317 g/mol. The second-order valence-electron chi connectivity index (χ2n) is 3.86. The van der Waals surface area contributed by atoms with Crippen molar-refractivity contribution in [2.24, 2.45) is 0 Å². The van der Waals surface area contributed by atoms with Gasteiger partial charge in [0.1, 0.15) is 5.01 Å². The van der Waals surface area contributed by atoms with Gasteiger partial charge in [-0.05, 0) is 19.8 Å². The van der Waals surface area contributed by atoms with Gasteiger partial charge in [0.05, 0.1) is 17.6 Å². The molecular weight excluding hydrogens is 298 g/mol. The molecule has 1 atom stereocenters. The van der Waals surface area contributed by atoms with Gasteiger partial charge < -0.3 is 4.74 Å². The Bertz CT molecular complexity index is 451. The van der Waals surface area contributed by atoms with Crippen molar-refractivity contribution in [3.8, 4) is 0 Å². The number of rotatable bonds is 8. The Hall–Kier alpha value is -1.15. The quantitative estimate of drug-likeness (QED) is 0.740. The highest BCUT2D eigenvalue weighted by atomic mass is 32.2. The van der Waals surface area contributed by atoms with Crippen molar-refractivity contribution < 1.29 is 14.3 Å². The summed E-state index contributed by atoms with van der Waals surface area (Å²) in [5.74, 6) is -0.274. The Morgan fingerprint density at radius 2 is 2.10 bits per heavy atom. The number of esters is 1. The van der Waals surface area contributed by atoms with Crippen LogP contribution in [0.1, 0.15) is 32.2 Å². The monoisotopic (exact) mass is 317 g/mol. The van der Waals surface area contributed by atoms with Crippen molar-refractivity contribution in [2.45, 2.75) is 38.9 Å². The van der Waals surface area contributed by atoms with E-state index in [0.29, 0.717) is 18.2 Å². The largest absolute Gasteiger partial charge is 0.465 e. The van der Waals surface area contributed by atoms with Crippen LogP contribution in [-0.2, 0) is 20.7 Å². The first-order valence-corrected chi connectivity index (χ1v) is 8.37. The molecule has 20 heavy (non-hydrogen) atoms. The van der Waals surface area contributed by atoms with Crippen LogP contribution in [0.25, 0.3) is 0 Å². The van der Waals surface area contributed by atoms with Crippen molar-refractivity contribution in [1.29, 1.82) is 0 Å². The number of nitrogens with one attached hydrogen (secondary N) is 1. The smallest absolute Gasteiger partial charge is 0.315 e. The maximum Gasteiger partial charge on any atom is 0.315 e. The number of nitrogens with zero attached hydrogens (tertiary/aromatic N) is 2. The maximum atomic E-state index is 12.1. The molecule has 1 N–H and O–H groups in total. The second kappa shape index (κ2) is 8.91. The molecule has 0 aliphatic heterocycles. The van der Waals surface area contributed by atoms with E-state index < -0.39 is 0 Å². The first kappa shape index (κ1) is 16.9. The van der Waals surface area contributed by atoms with Crippen molar-refractivity contribution in [3.63, 3.8) is 0 Å². The number of anilines is 1. The molecule has 1 heterocycles. The Kier molecular flexibility index (Phi) is 7.53. The Morgan fingerprint density at radius 1 is 1.35 bits per heavy atom. The van der Waals surface area contributed by atoms with Crippen LogP contribution in [-0.4, -0.2) is 39.7 Å². The second-order valence-corrected chi connectivity index (χ2v) is 6.11. The third kappa shape index (κ3) is 5.46. The molecule has 1 aromatic heterocycles. The fraction of sp³-hybridized carbons (Fsp3) is 0.667. The summed E-state index contributed by atoms with van der Waals surface area (Å²) in [7, 11) is 0. The van der Waals surface area contributed by atoms with Gasteiger partial charge in [-0.3, -0.25) is 14.9 Å². The van der Waals surface area contributed by atoms with Gasteiger partial charge in [0, 0.05) is 0 Å². The molecule has 0 radical (unpaired) electrons. The lowest BCUT2D eigenvalue weighted by Crippen LogP contribution is -2.26.